The number of ether oxygens (including phenoxy) is 5. The summed E-state index contributed by atoms with van der Waals surface area (Å²) in [5.74, 6) is 0.356. The van der Waals surface area contributed by atoms with Crippen LogP contribution in [0.1, 0.15) is 38.3 Å². The van der Waals surface area contributed by atoms with Crippen LogP contribution in [0.3, 0.4) is 0 Å². The summed E-state index contributed by atoms with van der Waals surface area (Å²) in [6.45, 7) is 3.94. The van der Waals surface area contributed by atoms with E-state index < -0.39 is 17.8 Å². The van der Waals surface area contributed by atoms with Gasteiger partial charge in [-0.05, 0) is 48.3 Å². The van der Waals surface area contributed by atoms with Crippen LogP contribution in [0.4, 0.5) is 0 Å². The van der Waals surface area contributed by atoms with Crippen molar-refractivity contribution in [2.75, 3.05) is 28.4 Å². The fraction of sp³-hybridized carbons (Fsp3) is 0.346. The van der Waals surface area contributed by atoms with Crippen molar-refractivity contribution < 1.29 is 38.1 Å². The Balaban J connectivity index is 2.47. The van der Waals surface area contributed by atoms with Crippen molar-refractivity contribution in [2.24, 2.45) is 0 Å². The Morgan fingerprint density at radius 2 is 1.46 bits per heavy atom. The van der Waals surface area contributed by atoms with E-state index in [1.54, 1.807) is 18.2 Å². The first-order valence-corrected chi connectivity index (χ1v) is 10.9. The molecule has 0 fully saturated rings. The number of fused-ring (bicyclic) bond motifs is 3. The molecule has 9 nitrogen and oxygen atoms in total. The fourth-order valence-corrected chi connectivity index (χ4v) is 4.39. The van der Waals surface area contributed by atoms with Crippen LogP contribution in [0.15, 0.2) is 47.1 Å². The van der Waals surface area contributed by atoms with E-state index >= 15 is 0 Å². The van der Waals surface area contributed by atoms with E-state index in [9.17, 15) is 14.4 Å². The zero-order chi connectivity index (χ0) is 25.9. The number of rotatable bonds is 6. The van der Waals surface area contributed by atoms with E-state index in [0.717, 1.165) is 10.5 Å². The van der Waals surface area contributed by atoms with Gasteiger partial charge in [-0.25, -0.2) is 0 Å². The van der Waals surface area contributed by atoms with Crippen molar-refractivity contribution in [3.05, 3.63) is 58.2 Å². The number of benzene rings is 1. The van der Waals surface area contributed by atoms with Gasteiger partial charge in [-0.3, -0.25) is 19.3 Å². The van der Waals surface area contributed by atoms with Gasteiger partial charge in [-0.15, -0.1) is 0 Å². The van der Waals surface area contributed by atoms with Crippen molar-refractivity contribution in [3.63, 3.8) is 0 Å². The van der Waals surface area contributed by atoms with Gasteiger partial charge in [-0.1, -0.05) is 0 Å². The summed E-state index contributed by atoms with van der Waals surface area (Å²) in [6.07, 6.45) is 5.85. The number of carbonyl (C=O) groups excluding carboxylic acids is 3. The van der Waals surface area contributed by atoms with Crippen LogP contribution in [0.25, 0.3) is 5.57 Å². The molecule has 0 atom stereocenters. The topological polar surface area (TPSA) is 101 Å². The number of hydrogen-bond donors (Lipinski definition) is 0. The highest BCUT2D eigenvalue weighted by Gasteiger charge is 2.33. The van der Waals surface area contributed by atoms with Crippen LogP contribution in [0.5, 0.6) is 17.2 Å². The van der Waals surface area contributed by atoms with Gasteiger partial charge in [-0.2, -0.15) is 0 Å². The molecule has 1 aromatic rings. The van der Waals surface area contributed by atoms with Gasteiger partial charge >= 0.3 is 5.97 Å². The summed E-state index contributed by atoms with van der Waals surface area (Å²) >= 11 is 0. The summed E-state index contributed by atoms with van der Waals surface area (Å²) in [5, 5.41) is 0. The quantitative estimate of drug-likeness (QED) is 0.565. The maximum atomic E-state index is 12.6. The SMILES string of the molecule is COC1=CC=C2C(=C(N(C(C)=O)C(C)=O)CCc3cc(OC)c(OC)c(OC)c32)C=C1OC(C)=O. The van der Waals surface area contributed by atoms with Gasteiger partial charge in [0, 0.05) is 37.6 Å². The molecule has 1 aromatic carbocycles. The molecular weight excluding hydrogens is 454 g/mol. The second-order valence-electron chi connectivity index (χ2n) is 7.83. The average Bonchev–Trinajstić information content (AvgIpc) is 3.06. The van der Waals surface area contributed by atoms with Gasteiger partial charge < -0.3 is 23.7 Å². The lowest BCUT2D eigenvalue weighted by Gasteiger charge is -2.23. The monoisotopic (exact) mass is 483 g/mol. The molecule has 0 spiro atoms. The molecule has 9 heteroatoms. The molecule has 0 heterocycles. The summed E-state index contributed by atoms with van der Waals surface area (Å²) in [4.78, 5) is 38.1. The van der Waals surface area contributed by atoms with Crippen LogP contribution in [0, 0.1) is 0 Å². The first-order chi connectivity index (χ1) is 16.7. The number of allylic oxidation sites excluding steroid dienone is 6. The minimum Gasteiger partial charge on any atom is -0.493 e. The number of hydrogen-bond acceptors (Lipinski definition) is 8. The lowest BCUT2D eigenvalue weighted by Crippen LogP contribution is -2.33. The normalized spacial score (nSPS) is 14.7. The number of esters is 1. The van der Waals surface area contributed by atoms with Crippen LogP contribution in [0.2, 0.25) is 0 Å². The Bertz CT molecular complexity index is 1190. The molecule has 0 aromatic heterocycles. The highest BCUT2D eigenvalue weighted by atomic mass is 16.6. The van der Waals surface area contributed by atoms with Crippen molar-refractivity contribution in [3.8, 4) is 17.2 Å². The average molecular weight is 484 g/mol. The Morgan fingerprint density at radius 1 is 0.800 bits per heavy atom. The number of amides is 2. The standard InChI is InChI=1S/C26H29NO8/c1-14(28)27(15(2)29)20-10-8-17-12-23(32-5)25(33-6)26(34-7)24(17)18-9-11-21(31-4)22(13-19(18)20)35-16(3)30/h9,11-13H,8,10H2,1-7H3. The van der Waals surface area contributed by atoms with E-state index in [-0.39, 0.29) is 5.76 Å². The molecule has 186 valence electrons. The number of nitrogens with zero attached hydrogens (tertiary/aromatic N) is 1. The lowest BCUT2D eigenvalue weighted by atomic mass is 9.92. The molecule has 0 saturated heterocycles. The largest absolute Gasteiger partial charge is 0.493 e. The lowest BCUT2D eigenvalue weighted by molar-refractivity contribution is -0.140. The van der Waals surface area contributed by atoms with Crippen LogP contribution < -0.4 is 14.2 Å². The molecule has 0 unspecified atom stereocenters. The third-order valence-electron chi connectivity index (χ3n) is 5.71. The molecule has 0 aliphatic heterocycles. The molecule has 0 saturated carbocycles. The highest BCUT2D eigenvalue weighted by Crippen LogP contribution is 2.50. The summed E-state index contributed by atoms with van der Waals surface area (Å²) in [6, 6.07) is 1.85. The van der Waals surface area contributed by atoms with Gasteiger partial charge in [0.1, 0.15) is 0 Å². The zero-order valence-corrected chi connectivity index (χ0v) is 20.9. The molecular formula is C26H29NO8. The molecule has 3 rings (SSSR count). The zero-order valence-electron chi connectivity index (χ0n) is 20.9. The molecule has 0 bridgehead atoms. The van der Waals surface area contributed by atoms with Crippen LogP contribution in [-0.4, -0.2) is 51.1 Å². The van der Waals surface area contributed by atoms with Gasteiger partial charge in [0.25, 0.3) is 0 Å². The predicted octanol–water partition coefficient (Wildman–Crippen LogP) is 3.68. The minimum absolute atomic E-state index is 0.147. The first kappa shape index (κ1) is 25.6. The number of aryl methyl sites for hydroxylation is 1. The van der Waals surface area contributed by atoms with E-state index in [0.29, 0.717) is 58.3 Å². The second-order valence-corrected chi connectivity index (χ2v) is 7.83. The van der Waals surface area contributed by atoms with E-state index in [1.807, 2.05) is 6.07 Å². The third-order valence-corrected chi connectivity index (χ3v) is 5.71. The number of methoxy groups -OCH3 is 4. The van der Waals surface area contributed by atoms with E-state index in [2.05, 4.69) is 0 Å². The van der Waals surface area contributed by atoms with Crippen molar-refractivity contribution in [1.29, 1.82) is 0 Å². The molecule has 0 N–H and O–H groups in total. The van der Waals surface area contributed by atoms with Crippen molar-refractivity contribution in [1.82, 2.24) is 4.90 Å². The van der Waals surface area contributed by atoms with Gasteiger partial charge in [0.2, 0.25) is 17.6 Å². The minimum atomic E-state index is -0.544. The molecule has 0 radical (unpaired) electrons. The molecule has 2 aliphatic carbocycles. The summed E-state index contributed by atoms with van der Waals surface area (Å²) in [5.41, 5.74) is 3.17. The maximum Gasteiger partial charge on any atom is 0.308 e. The highest BCUT2D eigenvalue weighted by molar-refractivity contribution is 5.98. The maximum absolute atomic E-state index is 12.6. The predicted molar refractivity (Wildman–Crippen MR) is 128 cm³/mol. The van der Waals surface area contributed by atoms with Crippen LogP contribution >= 0.6 is 0 Å². The van der Waals surface area contributed by atoms with Crippen LogP contribution in [-0.2, 0) is 30.3 Å². The van der Waals surface area contributed by atoms with Gasteiger partial charge in [0.05, 0.1) is 28.4 Å². The number of carbonyl (C=O) groups is 3. The van der Waals surface area contributed by atoms with Crippen molar-refractivity contribution in [2.45, 2.75) is 33.6 Å². The van der Waals surface area contributed by atoms with E-state index in [4.69, 9.17) is 23.7 Å². The summed E-state index contributed by atoms with van der Waals surface area (Å²) in [7, 11) is 6.04. The first-order valence-electron chi connectivity index (χ1n) is 10.9. The Morgan fingerprint density at radius 3 is 1.97 bits per heavy atom. The molecule has 2 amide bonds. The van der Waals surface area contributed by atoms with Crippen molar-refractivity contribution >= 4 is 23.4 Å². The Hall–Kier alpha value is -4.01. The van der Waals surface area contributed by atoms with Gasteiger partial charge in [0.15, 0.2) is 23.0 Å². The number of imide groups is 1. The molecule has 35 heavy (non-hydrogen) atoms. The smallest absolute Gasteiger partial charge is 0.308 e. The third kappa shape index (κ3) is 4.80. The fourth-order valence-electron chi connectivity index (χ4n) is 4.39. The summed E-state index contributed by atoms with van der Waals surface area (Å²) < 4.78 is 27.8. The Labute approximate surface area is 204 Å². The van der Waals surface area contributed by atoms with E-state index in [1.165, 1.54) is 49.2 Å². The second kappa shape index (κ2) is 10.5. The molecule has 2 aliphatic rings. The Kier molecular flexibility index (Phi) is 7.68.